The van der Waals surface area contributed by atoms with E-state index in [-0.39, 0.29) is 12.1 Å². The maximum absolute atomic E-state index is 5.56. The molecule has 1 fully saturated rings. The van der Waals surface area contributed by atoms with Gasteiger partial charge in [-0.15, -0.1) is 0 Å². The molecule has 2 aromatic rings. The van der Waals surface area contributed by atoms with Crippen LogP contribution in [0.5, 0.6) is 11.5 Å². The van der Waals surface area contributed by atoms with E-state index in [0.29, 0.717) is 18.0 Å². The summed E-state index contributed by atoms with van der Waals surface area (Å²) in [6.07, 6.45) is 2.72. The summed E-state index contributed by atoms with van der Waals surface area (Å²) in [5.74, 6) is 2.93. The van der Waals surface area contributed by atoms with Gasteiger partial charge in [0.25, 0.3) is 0 Å². The van der Waals surface area contributed by atoms with Gasteiger partial charge in [0.1, 0.15) is 11.5 Å². The molecule has 8 heteroatoms. The quantitative estimate of drug-likeness (QED) is 0.857. The molecule has 130 valence electrons. The topological polar surface area (TPSA) is 85.4 Å². The molecule has 0 amide bonds. The molecule has 0 unspecified atom stereocenters. The molecule has 0 aliphatic carbocycles. The van der Waals surface area contributed by atoms with E-state index < -0.39 is 0 Å². The first kappa shape index (κ1) is 16.7. The van der Waals surface area contributed by atoms with Gasteiger partial charge in [0.2, 0.25) is 0 Å². The molecule has 0 bridgehead atoms. The number of nitrogens with zero attached hydrogens (tertiary/aromatic N) is 4. The van der Waals surface area contributed by atoms with Crippen molar-refractivity contribution in [3.05, 3.63) is 29.6 Å². The maximum atomic E-state index is 5.56. The molecule has 24 heavy (non-hydrogen) atoms. The Hall–Kier alpha value is -2.19. The standard InChI is InChI=1S/C16H23N5O3/c1-10-18-16(20-19-10)13-7-11(22-2)8-21(13)9-12-15(24-4)14(23-3)5-6-17-12/h5-6,11,13H,7-9H2,1-4H3,(H,18,19,20)/t11-,13+/m1/s1. The fraction of sp³-hybridized carbons (Fsp3) is 0.562. The smallest absolute Gasteiger partial charge is 0.183 e. The van der Waals surface area contributed by atoms with Gasteiger partial charge in [-0.2, -0.15) is 5.10 Å². The number of aromatic nitrogens is 4. The number of H-pyrrole nitrogens is 1. The van der Waals surface area contributed by atoms with Gasteiger partial charge in [-0.3, -0.25) is 15.0 Å². The van der Waals surface area contributed by atoms with Crippen LogP contribution < -0.4 is 9.47 Å². The average Bonchev–Trinajstić information content (AvgIpc) is 3.20. The fourth-order valence-corrected chi connectivity index (χ4v) is 3.14. The van der Waals surface area contributed by atoms with E-state index in [1.165, 1.54) is 0 Å². The van der Waals surface area contributed by atoms with Crippen LogP contribution in [0.15, 0.2) is 12.3 Å². The van der Waals surface area contributed by atoms with Crippen LogP contribution in [0.25, 0.3) is 0 Å². The fourth-order valence-electron chi connectivity index (χ4n) is 3.14. The lowest BCUT2D eigenvalue weighted by Crippen LogP contribution is -2.26. The Bertz CT molecular complexity index is 690. The van der Waals surface area contributed by atoms with E-state index in [0.717, 1.165) is 30.3 Å². The van der Waals surface area contributed by atoms with Crippen LogP contribution in [0.1, 0.15) is 29.8 Å². The molecular formula is C16H23N5O3. The van der Waals surface area contributed by atoms with Crippen molar-refractivity contribution in [3.63, 3.8) is 0 Å². The molecule has 1 N–H and O–H groups in total. The lowest BCUT2D eigenvalue weighted by atomic mass is 10.2. The molecule has 8 nitrogen and oxygen atoms in total. The number of aromatic amines is 1. The van der Waals surface area contributed by atoms with Crippen molar-refractivity contribution in [3.8, 4) is 11.5 Å². The highest BCUT2D eigenvalue weighted by atomic mass is 16.5. The van der Waals surface area contributed by atoms with Crippen molar-refractivity contribution in [2.75, 3.05) is 27.9 Å². The SMILES string of the molecule is COc1ccnc(CN2C[C@H](OC)C[C@H]2c2n[nH]c(C)n2)c1OC. The van der Waals surface area contributed by atoms with Crippen molar-refractivity contribution >= 4 is 0 Å². The molecule has 1 saturated heterocycles. The average molecular weight is 333 g/mol. The number of likely N-dealkylation sites (tertiary alicyclic amines) is 1. The van der Waals surface area contributed by atoms with Crippen LogP contribution in [0.4, 0.5) is 0 Å². The Morgan fingerprint density at radius 2 is 2.12 bits per heavy atom. The minimum absolute atomic E-state index is 0.0811. The van der Waals surface area contributed by atoms with E-state index in [9.17, 15) is 0 Å². The molecule has 0 radical (unpaired) electrons. The molecule has 0 saturated carbocycles. The van der Waals surface area contributed by atoms with Crippen molar-refractivity contribution in [2.24, 2.45) is 0 Å². The summed E-state index contributed by atoms with van der Waals surface area (Å²) in [5, 5.41) is 7.24. The minimum Gasteiger partial charge on any atom is -0.493 e. The summed E-state index contributed by atoms with van der Waals surface area (Å²) in [7, 11) is 4.98. The summed E-state index contributed by atoms with van der Waals surface area (Å²) < 4.78 is 16.4. The second-order valence-corrected chi connectivity index (χ2v) is 5.81. The van der Waals surface area contributed by atoms with Gasteiger partial charge in [0.15, 0.2) is 17.3 Å². The number of hydrogen-bond donors (Lipinski definition) is 1. The Labute approximate surface area is 141 Å². The number of nitrogens with one attached hydrogen (secondary N) is 1. The highest BCUT2D eigenvalue weighted by molar-refractivity contribution is 5.42. The summed E-state index contributed by atoms with van der Waals surface area (Å²) >= 11 is 0. The van der Waals surface area contributed by atoms with Crippen molar-refractivity contribution in [1.82, 2.24) is 25.1 Å². The number of methoxy groups -OCH3 is 3. The largest absolute Gasteiger partial charge is 0.493 e. The number of pyridine rings is 1. The molecular weight excluding hydrogens is 310 g/mol. The lowest BCUT2D eigenvalue weighted by molar-refractivity contribution is 0.107. The van der Waals surface area contributed by atoms with Gasteiger partial charge < -0.3 is 14.2 Å². The van der Waals surface area contributed by atoms with Crippen LogP contribution in [0.3, 0.4) is 0 Å². The van der Waals surface area contributed by atoms with Gasteiger partial charge in [-0.25, -0.2) is 4.98 Å². The second-order valence-electron chi connectivity index (χ2n) is 5.81. The van der Waals surface area contributed by atoms with Gasteiger partial charge in [-0.05, 0) is 13.3 Å². The van der Waals surface area contributed by atoms with E-state index in [2.05, 4.69) is 25.1 Å². The highest BCUT2D eigenvalue weighted by Gasteiger charge is 2.36. The molecule has 0 aromatic carbocycles. The first-order chi connectivity index (χ1) is 11.7. The van der Waals surface area contributed by atoms with E-state index in [4.69, 9.17) is 14.2 Å². The zero-order valence-corrected chi connectivity index (χ0v) is 14.4. The third kappa shape index (κ3) is 3.20. The van der Waals surface area contributed by atoms with Gasteiger partial charge in [-0.1, -0.05) is 0 Å². The number of aryl methyl sites for hydroxylation is 1. The van der Waals surface area contributed by atoms with E-state index in [1.807, 2.05) is 6.92 Å². The third-order valence-corrected chi connectivity index (χ3v) is 4.33. The van der Waals surface area contributed by atoms with Crippen molar-refractivity contribution < 1.29 is 14.2 Å². The summed E-state index contributed by atoms with van der Waals surface area (Å²) in [5.41, 5.74) is 0.825. The zero-order valence-electron chi connectivity index (χ0n) is 14.4. The third-order valence-electron chi connectivity index (χ3n) is 4.33. The monoisotopic (exact) mass is 333 g/mol. The van der Waals surface area contributed by atoms with Gasteiger partial charge >= 0.3 is 0 Å². The first-order valence-corrected chi connectivity index (χ1v) is 7.87. The molecule has 2 atom stereocenters. The predicted octanol–water partition coefficient (Wildman–Crippen LogP) is 1.49. The molecule has 3 rings (SSSR count). The Morgan fingerprint density at radius 1 is 1.29 bits per heavy atom. The molecule has 1 aliphatic heterocycles. The zero-order chi connectivity index (χ0) is 17.1. The van der Waals surface area contributed by atoms with Crippen LogP contribution in [-0.4, -0.2) is 59.0 Å². The first-order valence-electron chi connectivity index (χ1n) is 7.87. The molecule has 2 aromatic heterocycles. The predicted molar refractivity (Wildman–Crippen MR) is 87.0 cm³/mol. The van der Waals surface area contributed by atoms with Crippen molar-refractivity contribution in [1.29, 1.82) is 0 Å². The molecule has 0 spiro atoms. The van der Waals surface area contributed by atoms with E-state index in [1.54, 1.807) is 33.6 Å². The number of hydrogen-bond acceptors (Lipinski definition) is 7. The Morgan fingerprint density at radius 3 is 2.75 bits per heavy atom. The summed E-state index contributed by atoms with van der Waals surface area (Å²) in [6, 6.07) is 1.87. The number of rotatable bonds is 6. The molecule has 1 aliphatic rings. The lowest BCUT2D eigenvalue weighted by Gasteiger charge is -2.22. The van der Waals surface area contributed by atoms with Gasteiger partial charge in [0.05, 0.1) is 26.4 Å². The maximum Gasteiger partial charge on any atom is 0.183 e. The van der Waals surface area contributed by atoms with Crippen LogP contribution in [0.2, 0.25) is 0 Å². The normalized spacial score (nSPS) is 21.2. The molecule has 3 heterocycles. The van der Waals surface area contributed by atoms with Crippen molar-refractivity contribution in [2.45, 2.75) is 32.0 Å². The Balaban J connectivity index is 1.87. The van der Waals surface area contributed by atoms with E-state index >= 15 is 0 Å². The Kier molecular flexibility index (Phi) is 4.96. The summed E-state index contributed by atoms with van der Waals surface area (Å²) in [6.45, 7) is 3.30. The second kappa shape index (κ2) is 7.14. The van der Waals surface area contributed by atoms with Gasteiger partial charge in [0, 0.05) is 32.5 Å². The number of ether oxygens (including phenoxy) is 3. The van der Waals surface area contributed by atoms with Crippen LogP contribution in [-0.2, 0) is 11.3 Å². The van der Waals surface area contributed by atoms with Crippen LogP contribution in [0, 0.1) is 6.92 Å². The van der Waals surface area contributed by atoms with Crippen LogP contribution >= 0.6 is 0 Å². The summed E-state index contributed by atoms with van der Waals surface area (Å²) in [4.78, 5) is 11.2. The highest BCUT2D eigenvalue weighted by Crippen LogP contribution is 2.36. The minimum atomic E-state index is 0.0811.